The first-order valence-corrected chi connectivity index (χ1v) is 10.7. The molecule has 3 aliphatic rings. The molecular weight excluding hydrogens is 374 g/mol. The molecule has 0 aromatic carbocycles. The topological polar surface area (TPSA) is 107 Å². The van der Waals surface area contributed by atoms with Crippen molar-refractivity contribution in [3.63, 3.8) is 0 Å². The van der Waals surface area contributed by atoms with Gasteiger partial charge in [0.2, 0.25) is 5.91 Å². The van der Waals surface area contributed by atoms with Crippen LogP contribution in [0.5, 0.6) is 0 Å². The Labute approximate surface area is 168 Å². The van der Waals surface area contributed by atoms with Gasteiger partial charge >= 0.3 is 0 Å². The lowest BCUT2D eigenvalue weighted by atomic mass is 9.75. The van der Waals surface area contributed by atoms with E-state index < -0.39 is 5.54 Å². The van der Waals surface area contributed by atoms with Crippen molar-refractivity contribution in [1.29, 1.82) is 0 Å². The maximum absolute atomic E-state index is 12.8. The van der Waals surface area contributed by atoms with Gasteiger partial charge in [-0.15, -0.1) is 11.3 Å². The number of piperidine rings is 1. The van der Waals surface area contributed by atoms with Crippen LogP contribution in [0.3, 0.4) is 0 Å². The third-order valence-corrected chi connectivity index (χ3v) is 7.68. The van der Waals surface area contributed by atoms with Gasteiger partial charge in [-0.3, -0.25) is 4.79 Å². The summed E-state index contributed by atoms with van der Waals surface area (Å²) in [5.41, 5.74) is 13.1. The van der Waals surface area contributed by atoms with Gasteiger partial charge in [0.15, 0.2) is 0 Å². The molecule has 8 heteroatoms. The Balaban J connectivity index is 1.38. The summed E-state index contributed by atoms with van der Waals surface area (Å²) in [7, 11) is 0. The predicted molar refractivity (Wildman–Crippen MR) is 108 cm³/mol. The summed E-state index contributed by atoms with van der Waals surface area (Å²) < 4.78 is 6.34. The second kappa shape index (κ2) is 6.50. The van der Waals surface area contributed by atoms with Crippen LogP contribution in [0.15, 0.2) is 18.5 Å². The van der Waals surface area contributed by atoms with Gasteiger partial charge < -0.3 is 21.1 Å². The number of rotatable bonds is 2. The molecule has 1 spiro atoms. The number of ether oxygens (including phenoxy) is 1. The normalized spacial score (nSPS) is 22.5. The number of hydrogen-bond donors (Lipinski definition) is 2. The Kier molecular flexibility index (Phi) is 4.19. The van der Waals surface area contributed by atoms with Crippen LogP contribution in [0.1, 0.15) is 42.5 Å². The lowest BCUT2D eigenvalue weighted by Gasteiger charge is -2.47. The van der Waals surface area contributed by atoms with E-state index in [2.05, 4.69) is 16.0 Å². The predicted octanol–water partition coefficient (Wildman–Crippen LogP) is 2.06. The maximum atomic E-state index is 12.8. The molecule has 0 atom stereocenters. The molecule has 2 aromatic heterocycles. The second-order valence-corrected chi connectivity index (χ2v) is 9.31. The van der Waals surface area contributed by atoms with Gasteiger partial charge in [0.1, 0.15) is 5.82 Å². The minimum Gasteiger partial charge on any atom is -0.382 e. The molecule has 4 heterocycles. The summed E-state index contributed by atoms with van der Waals surface area (Å²) in [6.07, 6.45) is 8.53. The molecule has 0 unspecified atom stereocenters. The highest BCUT2D eigenvalue weighted by Crippen LogP contribution is 2.46. The first-order chi connectivity index (χ1) is 13.5. The summed E-state index contributed by atoms with van der Waals surface area (Å²) in [5, 5.41) is 0. The number of carbonyl (C=O) groups excluding carboxylic acids is 1. The van der Waals surface area contributed by atoms with E-state index in [1.54, 1.807) is 23.7 Å². The van der Waals surface area contributed by atoms with Crippen molar-refractivity contribution >= 4 is 23.1 Å². The van der Waals surface area contributed by atoms with Crippen LogP contribution in [0.25, 0.3) is 10.6 Å². The average Bonchev–Trinajstić information content (AvgIpc) is 3.13. The Hall–Kier alpha value is -2.03. The van der Waals surface area contributed by atoms with Crippen LogP contribution in [-0.2, 0) is 21.6 Å². The quantitative estimate of drug-likeness (QED) is 0.800. The van der Waals surface area contributed by atoms with Crippen molar-refractivity contribution in [2.75, 3.05) is 25.4 Å². The smallest absolute Gasteiger partial charge is 0.242 e. The third kappa shape index (κ3) is 2.82. The van der Waals surface area contributed by atoms with Crippen LogP contribution in [0.4, 0.5) is 5.82 Å². The highest BCUT2D eigenvalue weighted by atomic mass is 32.1. The summed E-state index contributed by atoms with van der Waals surface area (Å²) >= 11 is 1.76. The van der Waals surface area contributed by atoms with E-state index in [1.807, 2.05) is 4.90 Å². The van der Waals surface area contributed by atoms with E-state index >= 15 is 0 Å². The van der Waals surface area contributed by atoms with E-state index in [9.17, 15) is 4.79 Å². The van der Waals surface area contributed by atoms with Gasteiger partial charge in [-0.1, -0.05) is 0 Å². The summed E-state index contributed by atoms with van der Waals surface area (Å²) in [5.74, 6) is 0.541. The molecule has 1 amide bonds. The Morgan fingerprint density at radius 2 is 1.96 bits per heavy atom. The number of fused-ring (bicyclic) bond motifs is 2. The monoisotopic (exact) mass is 399 g/mol. The molecule has 1 aliphatic carbocycles. The number of likely N-dealkylation sites (tertiary alicyclic amines) is 1. The van der Waals surface area contributed by atoms with Gasteiger partial charge in [0, 0.05) is 24.4 Å². The molecular formula is C20H25N5O2S. The lowest BCUT2D eigenvalue weighted by molar-refractivity contribution is -0.148. The number of carbonyl (C=O) groups is 1. The first kappa shape index (κ1) is 18.0. The van der Waals surface area contributed by atoms with Gasteiger partial charge in [0.05, 0.1) is 40.7 Å². The third-order valence-electron chi connectivity index (χ3n) is 6.46. The van der Waals surface area contributed by atoms with E-state index in [-0.39, 0.29) is 11.5 Å². The average molecular weight is 400 g/mol. The van der Waals surface area contributed by atoms with E-state index in [0.717, 1.165) is 55.7 Å². The van der Waals surface area contributed by atoms with E-state index in [4.69, 9.17) is 16.2 Å². The Morgan fingerprint density at radius 1 is 1.18 bits per heavy atom. The molecule has 2 aromatic rings. The van der Waals surface area contributed by atoms with Gasteiger partial charge in [0.25, 0.3) is 0 Å². The van der Waals surface area contributed by atoms with Crippen LogP contribution in [0, 0.1) is 0 Å². The highest BCUT2D eigenvalue weighted by Gasteiger charge is 2.47. The van der Waals surface area contributed by atoms with Crippen molar-refractivity contribution in [2.24, 2.45) is 5.73 Å². The van der Waals surface area contributed by atoms with Crippen LogP contribution >= 0.6 is 11.3 Å². The molecule has 28 heavy (non-hydrogen) atoms. The van der Waals surface area contributed by atoms with Crippen molar-refractivity contribution in [1.82, 2.24) is 14.9 Å². The first-order valence-electron chi connectivity index (χ1n) is 9.92. The fraction of sp³-hybridized carbons (Fsp3) is 0.550. The minimum absolute atomic E-state index is 0.118. The molecule has 7 nitrogen and oxygen atoms in total. The van der Waals surface area contributed by atoms with Crippen LogP contribution in [-0.4, -0.2) is 46.0 Å². The fourth-order valence-corrected chi connectivity index (χ4v) is 5.77. The molecule has 2 aliphatic heterocycles. The largest absolute Gasteiger partial charge is 0.382 e. The summed E-state index contributed by atoms with van der Waals surface area (Å²) in [4.78, 5) is 25.8. The number of nitrogens with zero attached hydrogens (tertiary/aromatic N) is 3. The molecule has 1 saturated heterocycles. The summed E-state index contributed by atoms with van der Waals surface area (Å²) in [6.45, 7) is 2.11. The maximum Gasteiger partial charge on any atom is 0.242 e. The van der Waals surface area contributed by atoms with Gasteiger partial charge in [-0.2, -0.15) is 0 Å². The van der Waals surface area contributed by atoms with Crippen molar-refractivity contribution < 1.29 is 9.53 Å². The van der Waals surface area contributed by atoms with Crippen molar-refractivity contribution in [3.05, 3.63) is 28.9 Å². The van der Waals surface area contributed by atoms with Gasteiger partial charge in [-0.25, -0.2) is 9.97 Å². The van der Waals surface area contributed by atoms with Crippen LogP contribution in [0.2, 0.25) is 0 Å². The molecule has 148 valence electrons. The minimum atomic E-state index is -0.619. The van der Waals surface area contributed by atoms with E-state index in [0.29, 0.717) is 18.9 Å². The fourth-order valence-electron chi connectivity index (χ4n) is 4.58. The number of aromatic nitrogens is 2. The Morgan fingerprint density at radius 3 is 2.61 bits per heavy atom. The second-order valence-electron chi connectivity index (χ2n) is 8.17. The SMILES string of the molecule is Nc1cnc(-c2cc3c(s2)CCOC32CCN(C(=O)C3(N)CCC3)CC2)cn1. The highest BCUT2D eigenvalue weighted by molar-refractivity contribution is 7.15. The zero-order valence-electron chi connectivity index (χ0n) is 15.8. The van der Waals surface area contributed by atoms with Gasteiger partial charge in [-0.05, 0) is 43.7 Å². The zero-order chi connectivity index (χ0) is 19.4. The number of amides is 1. The standard InChI is InChI=1S/C20H25N5O2S/c21-17-12-23-14(11-24-17)16-10-13-15(28-16)2-9-27-20(13)5-7-25(8-6-20)18(26)19(22)3-1-4-19/h10-12H,1-9,22H2,(H2,21,24). The van der Waals surface area contributed by atoms with Crippen molar-refractivity contribution in [2.45, 2.75) is 49.7 Å². The molecule has 0 bridgehead atoms. The molecule has 5 rings (SSSR count). The molecule has 1 saturated carbocycles. The van der Waals surface area contributed by atoms with Crippen LogP contribution < -0.4 is 11.5 Å². The number of hydrogen-bond acceptors (Lipinski definition) is 7. The molecule has 2 fully saturated rings. The van der Waals surface area contributed by atoms with Crippen molar-refractivity contribution in [3.8, 4) is 10.6 Å². The number of nitrogen functional groups attached to an aromatic ring is 1. The Bertz CT molecular complexity index is 898. The molecule has 0 radical (unpaired) electrons. The van der Waals surface area contributed by atoms with E-state index in [1.165, 1.54) is 10.4 Å². The number of nitrogens with two attached hydrogens (primary N) is 2. The zero-order valence-corrected chi connectivity index (χ0v) is 16.6. The number of thiophene rings is 1. The lowest BCUT2D eigenvalue weighted by Crippen LogP contribution is -2.61. The number of anilines is 1. The summed E-state index contributed by atoms with van der Waals surface area (Å²) in [6, 6.07) is 2.20. The molecule has 4 N–H and O–H groups in total.